The minimum atomic E-state index is 0.814. The van der Waals surface area contributed by atoms with E-state index in [0.29, 0.717) is 0 Å². The third kappa shape index (κ3) is 1.30. The Hall–Kier alpha value is -1.05. The van der Waals surface area contributed by atoms with Crippen LogP contribution in [-0.2, 0) is 19.3 Å². The molecule has 0 atom stereocenters. The predicted octanol–water partition coefficient (Wildman–Crippen LogP) is 2.27. The predicted molar refractivity (Wildman–Crippen MR) is 52.2 cm³/mol. The van der Waals surface area contributed by atoms with Crippen molar-refractivity contribution in [3.63, 3.8) is 0 Å². The van der Waals surface area contributed by atoms with Gasteiger partial charge in [-0.3, -0.25) is 4.79 Å². The van der Waals surface area contributed by atoms with Gasteiger partial charge in [0.25, 0.3) is 0 Å². The molecule has 0 aliphatic heterocycles. The molecule has 0 fully saturated rings. The Morgan fingerprint density at radius 3 is 2.85 bits per heavy atom. The lowest BCUT2D eigenvalue weighted by atomic mass is 9.93. The summed E-state index contributed by atoms with van der Waals surface area (Å²) in [6, 6.07) is 0. The summed E-state index contributed by atoms with van der Waals surface area (Å²) in [6.07, 6.45) is 6.74. The van der Waals surface area contributed by atoms with Crippen LogP contribution in [0.5, 0.6) is 0 Å². The highest BCUT2D eigenvalue weighted by Crippen LogP contribution is 2.26. The van der Waals surface area contributed by atoms with Crippen molar-refractivity contribution >= 4 is 6.29 Å². The maximum Gasteiger partial charge on any atom is 0.166 e. The van der Waals surface area contributed by atoms with E-state index in [-0.39, 0.29) is 0 Å². The number of hydrogen-bond donors (Lipinski definition) is 1. The second-order valence-electron chi connectivity index (χ2n) is 3.65. The van der Waals surface area contributed by atoms with Crippen molar-refractivity contribution in [3.05, 3.63) is 22.5 Å². The molecule has 0 radical (unpaired) electrons. The topological polar surface area (TPSA) is 32.9 Å². The van der Waals surface area contributed by atoms with E-state index in [2.05, 4.69) is 11.9 Å². The van der Waals surface area contributed by atoms with Crippen LogP contribution in [-0.4, -0.2) is 11.3 Å². The first-order valence-electron chi connectivity index (χ1n) is 5.04. The molecule has 70 valence electrons. The van der Waals surface area contributed by atoms with Crippen LogP contribution in [0.2, 0.25) is 0 Å². The van der Waals surface area contributed by atoms with E-state index >= 15 is 0 Å². The lowest BCUT2D eigenvalue weighted by Gasteiger charge is -2.11. The van der Waals surface area contributed by atoms with Crippen LogP contribution in [0.4, 0.5) is 0 Å². The van der Waals surface area contributed by atoms with E-state index in [9.17, 15) is 4.79 Å². The molecule has 0 bridgehead atoms. The minimum Gasteiger partial charge on any atom is -0.356 e. The van der Waals surface area contributed by atoms with E-state index in [1.165, 1.54) is 29.7 Å². The van der Waals surface area contributed by atoms with Gasteiger partial charge < -0.3 is 4.98 Å². The molecule has 2 heteroatoms. The average Bonchev–Trinajstić information content (AvgIpc) is 2.55. The van der Waals surface area contributed by atoms with Crippen LogP contribution in [0.3, 0.4) is 0 Å². The Morgan fingerprint density at radius 1 is 1.38 bits per heavy atom. The molecule has 0 aromatic carbocycles. The van der Waals surface area contributed by atoms with Crippen molar-refractivity contribution in [1.82, 2.24) is 4.98 Å². The highest BCUT2D eigenvalue weighted by molar-refractivity contribution is 5.76. The summed E-state index contributed by atoms with van der Waals surface area (Å²) >= 11 is 0. The minimum absolute atomic E-state index is 0.814. The van der Waals surface area contributed by atoms with E-state index in [1.54, 1.807) is 0 Å². The molecule has 1 heterocycles. The number of H-pyrrole nitrogens is 1. The van der Waals surface area contributed by atoms with Gasteiger partial charge in [0, 0.05) is 5.69 Å². The monoisotopic (exact) mass is 177 g/mol. The second-order valence-corrected chi connectivity index (χ2v) is 3.65. The van der Waals surface area contributed by atoms with Crippen LogP contribution in [0.15, 0.2) is 0 Å². The van der Waals surface area contributed by atoms with Gasteiger partial charge in [-0.15, -0.1) is 0 Å². The first-order chi connectivity index (χ1) is 6.36. The molecule has 0 amide bonds. The number of nitrogens with one attached hydrogen (secondary N) is 1. The number of carbonyl (C=O) groups excluding carboxylic acids is 1. The molecule has 0 saturated heterocycles. The van der Waals surface area contributed by atoms with E-state index in [4.69, 9.17) is 0 Å². The number of aromatic amines is 1. The van der Waals surface area contributed by atoms with Gasteiger partial charge in [0.05, 0.1) is 5.69 Å². The number of rotatable bonds is 2. The SMILES string of the molecule is CCc1c(C=O)[nH]c2c1CCCC2. The van der Waals surface area contributed by atoms with Gasteiger partial charge in [0.1, 0.15) is 0 Å². The zero-order valence-corrected chi connectivity index (χ0v) is 8.02. The number of hydrogen-bond acceptors (Lipinski definition) is 1. The van der Waals surface area contributed by atoms with Crippen molar-refractivity contribution < 1.29 is 4.79 Å². The second kappa shape index (κ2) is 3.36. The van der Waals surface area contributed by atoms with Gasteiger partial charge in [0.2, 0.25) is 0 Å². The molecule has 0 unspecified atom stereocenters. The molecular formula is C11H15NO. The largest absolute Gasteiger partial charge is 0.356 e. The number of aryl methyl sites for hydroxylation is 1. The van der Waals surface area contributed by atoms with Crippen molar-refractivity contribution in [2.45, 2.75) is 39.0 Å². The smallest absolute Gasteiger partial charge is 0.166 e. The number of aldehydes is 1. The maximum absolute atomic E-state index is 10.8. The molecule has 1 aliphatic carbocycles. The molecule has 0 saturated carbocycles. The summed E-state index contributed by atoms with van der Waals surface area (Å²) in [5.41, 5.74) is 4.81. The number of fused-ring (bicyclic) bond motifs is 1. The third-order valence-electron chi connectivity index (χ3n) is 2.91. The summed E-state index contributed by atoms with van der Waals surface area (Å²) in [5.74, 6) is 0. The Morgan fingerprint density at radius 2 is 2.15 bits per heavy atom. The van der Waals surface area contributed by atoms with Gasteiger partial charge in [-0.2, -0.15) is 0 Å². The van der Waals surface area contributed by atoms with Crippen molar-refractivity contribution in [1.29, 1.82) is 0 Å². The summed E-state index contributed by atoms with van der Waals surface area (Å²) < 4.78 is 0. The summed E-state index contributed by atoms with van der Waals surface area (Å²) in [7, 11) is 0. The summed E-state index contributed by atoms with van der Waals surface area (Å²) in [4.78, 5) is 14.0. The first kappa shape index (κ1) is 8.54. The summed E-state index contributed by atoms with van der Waals surface area (Å²) in [6.45, 7) is 2.12. The Kier molecular flexibility index (Phi) is 2.21. The maximum atomic E-state index is 10.8. The summed E-state index contributed by atoms with van der Waals surface area (Å²) in [5, 5.41) is 0. The Bertz CT molecular complexity index is 325. The Balaban J connectivity index is 2.50. The average molecular weight is 177 g/mol. The van der Waals surface area contributed by atoms with Crippen LogP contribution in [0.25, 0.3) is 0 Å². The third-order valence-corrected chi connectivity index (χ3v) is 2.91. The quantitative estimate of drug-likeness (QED) is 0.690. The fourth-order valence-electron chi connectivity index (χ4n) is 2.28. The fourth-order valence-corrected chi connectivity index (χ4v) is 2.28. The number of aromatic nitrogens is 1. The van der Waals surface area contributed by atoms with Crippen molar-refractivity contribution in [3.8, 4) is 0 Å². The highest BCUT2D eigenvalue weighted by Gasteiger charge is 2.17. The molecule has 1 aliphatic rings. The van der Waals surface area contributed by atoms with Gasteiger partial charge in [-0.1, -0.05) is 6.92 Å². The van der Waals surface area contributed by atoms with Gasteiger partial charge >= 0.3 is 0 Å². The number of carbonyl (C=O) groups is 1. The van der Waals surface area contributed by atoms with Crippen molar-refractivity contribution in [2.24, 2.45) is 0 Å². The van der Waals surface area contributed by atoms with Gasteiger partial charge in [-0.25, -0.2) is 0 Å². The molecule has 2 nitrogen and oxygen atoms in total. The first-order valence-corrected chi connectivity index (χ1v) is 5.04. The Labute approximate surface area is 78.4 Å². The zero-order valence-electron chi connectivity index (χ0n) is 8.02. The van der Waals surface area contributed by atoms with Gasteiger partial charge in [0.15, 0.2) is 6.29 Å². The van der Waals surface area contributed by atoms with Crippen LogP contribution >= 0.6 is 0 Å². The standard InChI is InChI=1S/C11H15NO/c1-2-8-9-5-3-4-6-10(9)12-11(8)7-13/h7,12H,2-6H2,1H3. The zero-order chi connectivity index (χ0) is 9.26. The van der Waals surface area contributed by atoms with Crippen LogP contribution < -0.4 is 0 Å². The highest BCUT2D eigenvalue weighted by atomic mass is 16.1. The van der Waals surface area contributed by atoms with Gasteiger partial charge in [-0.05, 0) is 43.2 Å². The molecule has 13 heavy (non-hydrogen) atoms. The lowest BCUT2D eigenvalue weighted by Crippen LogP contribution is -2.01. The normalized spacial score (nSPS) is 15.5. The van der Waals surface area contributed by atoms with E-state index in [0.717, 1.165) is 31.2 Å². The lowest BCUT2D eigenvalue weighted by molar-refractivity contribution is 0.111. The van der Waals surface area contributed by atoms with E-state index in [1.807, 2.05) is 0 Å². The molecule has 1 N–H and O–H groups in total. The molecular weight excluding hydrogens is 162 g/mol. The molecule has 1 aromatic rings. The van der Waals surface area contributed by atoms with Crippen molar-refractivity contribution in [2.75, 3.05) is 0 Å². The van der Waals surface area contributed by atoms with Crippen LogP contribution in [0, 0.1) is 0 Å². The molecule has 2 rings (SSSR count). The molecule has 1 aromatic heterocycles. The fraction of sp³-hybridized carbons (Fsp3) is 0.545. The van der Waals surface area contributed by atoms with E-state index < -0.39 is 0 Å². The molecule has 0 spiro atoms. The van der Waals surface area contributed by atoms with Crippen LogP contribution in [0.1, 0.15) is 47.1 Å².